The van der Waals surface area contributed by atoms with E-state index in [-0.39, 0.29) is 17.0 Å². The van der Waals surface area contributed by atoms with Crippen LogP contribution in [0.4, 0.5) is 5.82 Å². The maximum absolute atomic E-state index is 12.0. The summed E-state index contributed by atoms with van der Waals surface area (Å²) in [7, 11) is -4.51. The second kappa shape index (κ2) is 8.03. The van der Waals surface area contributed by atoms with Crippen LogP contribution in [0.2, 0.25) is 0 Å². The van der Waals surface area contributed by atoms with Gasteiger partial charge >= 0.3 is 10.3 Å². The first kappa shape index (κ1) is 20.9. The van der Waals surface area contributed by atoms with Crippen LogP contribution in [0.25, 0.3) is 11.2 Å². The van der Waals surface area contributed by atoms with E-state index in [1.165, 1.54) is 17.2 Å². The van der Waals surface area contributed by atoms with Gasteiger partial charge in [0.1, 0.15) is 30.2 Å². The van der Waals surface area contributed by atoms with Crippen molar-refractivity contribution < 1.29 is 32.7 Å². The lowest BCUT2D eigenvalue weighted by atomic mass is 10.1. The number of ether oxygens (including phenoxy) is 1. The summed E-state index contributed by atoms with van der Waals surface area (Å²) in [6.45, 7) is -0.637. The minimum absolute atomic E-state index is 0.131. The fourth-order valence-corrected chi connectivity index (χ4v) is 4.42. The molecular weight excluding hydrogens is 420 g/mol. The summed E-state index contributed by atoms with van der Waals surface area (Å²) in [5.41, 5.74) is 6.29. The van der Waals surface area contributed by atoms with Crippen LogP contribution in [0.1, 0.15) is 31.9 Å². The molecule has 0 amide bonds. The van der Waals surface area contributed by atoms with Gasteiger partial charge in [0.15, 0.2) is 17.7 Å². The lowest BCUT2D eigenvalue weighted by Crippen LogP contribution is -2.34. The van der Waals surface area contributed by atoms with Gasteiger partial charge in [-0.2, -0.15) is 12.8 Å². The van der Waals surface area contributed by atoms with Crippen LogP contribution in [0.15, 0.2) is 17.1 Å². The van der Waals surface area contributed by atoms with Crippen molar-refractivity contribution in [3.05, 3.63) is 12.7 Å². The van der Waals surface area contributed by atoms with E-state index in [0.29, 0.717) is 12.8 Å². The number of aromatic nitrogens is 4. The predicted molar refractivity (Wildman–Crippen MR) is 99.9 cm³/mol. The van der Waals surface area contributed by atoms with Crippen molar-refractivity contribution in [3.63, 3.8) is 0 Å². The van der Waals surface area contributed by atoms with Crippen molar-refractivity contribution in [2.24, 2.45) is 10.3 Å². The molecule has 2 aliphatic rings. The van der Waals surface area contributed by atoms with Crippen LogP contribution in [0, 0.1) is 5.92 Å². The van der Waals surface area contributed by atoms with Gasteiger partial charge in [0.2, 0.25) is 0 Å². The molecule has 4 rings (SSSR count). The highest BCUT2D eigenvalue weighted by Gasteiger charge is 2.45. The van der Waals surface area contributed by atoms with Gasteiger partial charge in [-0.15, -0.1) is 0 Å². The Morgan fingerprint density at radius 3 is 2.77 bits per heavy atom. The lowest BCUT2D eigenvalue weighted by Gasteiger charge is -2.18. The first-order chi connectivity index (χ1) is 14.3. The largest absolute Gasteiger partial charge is 0.861 e. The van der Waals surface area contributed by atoms with E-state index in [0.717, 1.165) is 12.8 Å². The molecule has 1 saturated heterocycles. The van der Waals surface area contributed by atoms with Gasteiger partial charge in [0.25, 0.3) is 0 Å². The fourth-order valence-electron chi connectivity index (χ4n) is 3.69. The summed E-state index contributed by atoms with van der Waals surface area (Å²) in [5, 5.41) is 32.6. The molecule has 30 heavy (non-hydrogen) atoms. The molecular formula is C16H21N6O7S-. The van der Waals surface area contributed by atoms with Crippen LogP contribution in [0.3, 0.4) is 0 Å². The molecule has 4 N–H and O–H groups in total. The van der Waals surface area contributed by atoms with Gasteiger partial charge in [0.05, 0.1) is 12.9 Å². The Labute approximate surface area is 171 Å². The number of aliphatic hydroxyl groups excluding tert-OH is 2. The van der Waals surface area contributed by atoms with Crippen molar-refractivity contribution in [3.8, 4) is 0 Å². The standard InChI is InChI=1S/C16H22N6O7S/c17-13-10-14(19-6-18-13)22(7-20-10)16-12(24)11(23)9(29-16)5-28-30(26,27)21-15(25)8-3-1-2-4-8/h6-9,11-12,16,23-24H,1-5H2,(H,21,25)(H2,17,18,19)/p-1/t9?,11-,12-,16?/m1/s1. The Hall–Kier alpha value is -2.39. The molecule has 2 aromatic heterocycles. The van der Waals surface area contributed by atoms with Gasteiger partial charge in [-0.1, -0.05) is 12.8 Å². The van der Waals surface area contributed by atoms with E-state index < -0.39 is 53.3 Å². The zero-order chi connectivity index (χ0) is 21.5. The zero-order valence-corrected chi connectivity index (χ0v) is 16.6. The first-order valence-electron chi connectivity index (χ1n) is 9.37. The molecule has 1 aliphatic carbocycles. The second-order valence-corrected chi connectivity index (χ2v) is 8.53. The van der Waals surface area contributed by atoms with Crippen LogP contribution in [-0.2, 0) is 19.2 Å². The number of hydrogen-bond acceptors (Lipinski definition) is 11. The Kier molecular flexibility index (Phi) is 5.59. The number of nitrogens with two attached hydrogens (primary N) is 1. The van der Waals surface area contributed by atoms with Crippen LogP contribution in [-0.4, -0.2) is 69.0 Å². The van der Waals surface area contributed by atoms with E-state index in [4.69, 9.17) is 14.7 Å². The number of anilines is 1. The third-order valence-electron chi connectivity index (χ3n) is 5.29. The van der Waals surface area contributed by atoms with Crippen LogP contribution in [0.5, 0.6) is 0 Å². The van der Waals surface area contributed by atoms with Gasteiger partial charge in [-0.05, 0) is 24.7 Å². The average Bonchev–Trinajstić information content (AvgIpc) is 3.42. The molecule has 0 aromatic carbocycles. The fraction of sp³-hybridized carbons (Fsp3) is 0.625. The van der Waals surface area contributed by atoms with Crippen LogP contribution >= 0.6 is 0 Å². The molecule has 0 bridgehead atoms. The predicted octanol–water partition coefficient (Wildman–Crippen LogP) is -1.76. The Morgan fingerprint density at radius 2 is 2.03 bits per heavy atom. The minimum atomic E-state index is -4.51. The molecule has 1 saturated carbocycles. The summed E-state index contributed by atoms with van der Waals surface area (Å²) in [5.74, 6) is -1.02. The summed E-state index contributed by atoms with van der Waals surface area (Å²) in [6, 6.07) is 0. The first-order valence-corrected chi connectivity index (χ1v) is 10.7. The molecule has 3 heterocycles. The molecule has 4 atom stereocenters. The average molecular weight is 441 g/mol. The van der Waals surface area contributed by atoms with Gasteiger partial charge < -0.3 is 25.8 Å². The lowest BCUT2D eigenvalue weighted by molar-refractivity contribution is -0.223. The van der Waals surface area contributed by atoms with E-state index in [9.17, 15) is 23.7 Å². The molecule has 2 fully saturated rings. The van der Waals surface area contributed by atoms with E-state index in [1.54, 1.807) is 0 Å². The number of imidazole rings is 1. The molecule has 1 aliphatic heterocycles. The third kappa shape index (κ3) is 3.96. The quantitative estimate of drug-likeness (QED) is 0.339. The molecule has 14 heteroatoms. The van der Waals surface area contributed by atoms with Gasteiger partial charge in [0, 0.05) is 0 Å². The van der Waals surface area contributed by atoms with Crippen molar-refractivity contribution in [2.75, 3.05) is 12.3 Å². The van der Waals surface area contributed by atoms with E-state index in [2.05, 4.69) is 19.3 Å². The normalized spacial score (nSPS) is 28.5. The van der Waals surface area contributed by atoms with Gasteiger partial charge in [-0.25, -0.2) is 19.1 Å². The Bertz CT molecular complexity index is 1050. The minimum Gasteiger partial charge on any atom is -0.861 e. The number of aliphatic hydroxyl groups is 2. The van der Waals surface area contributed by atoms with Crippen LogP contribution < -0.4 is 10.8 Å². The number of hydrogen-bond donors (Lipinski definition) is 3. The highest BCUT2D eigenvalue weighted by atomic mass is 32.2. The van der Waals surface area contributed by atoms with E-state index >= 15 is 0 Å². The highest BCUT2D eigenvalue weighted by molar-refractivity contribution is 7.85. The summed E-state index contributed by atoms with van der Waals surface area (Å²) in [4.78, 5) is 11.9. The molecule has 2 aromatic rings. The number of nitrogen functional groups attached to an aromatic ring is 1. The maximum Gasteiger partial charge on any atom is 0.380 e. The van der Waals surface area contributed by atoms with E-state index in [1.807, 2.05) is 0 Å². The number of rotatable bonds is 6. The number of nitrogens with zero attached hydrogens (tertiary/aromatic N) is 5. The molecule has 0 spiro atoms. The Balaban J connectivity index is 1.45. The van der Waals surface area contributed by atoms with Crippen molar-refractivity contribution in [1.29, 1.82) is 0 Å². The topological polar surface area (TPSA) is 198 Å². The molecule has 2 unspecified atom stereocenters. The number of fused-ring (bicyclic) bond motifs is 1. The SMILES string of the molecule is Nc1ncnc2c1ncn2C1OC(COS(=O)(=O)/N=C(\[O-])C2CCCC2)[C@@H](O)[C@H]1O. The highest BCUT2D eigenvalue weighted by Crippen LogP contribution is 2.32. The maximum atomic E-state index is 12.0. The second-order valence-electron chi connectivity index (χ2n) is 7.25. The monoisotopic (exact) mass is 441 g/mol. The zero-order valence-electron chi connectivity index (χ0n) is 15.7. The van der Waals surface area contributed by atoms with Crippen molar-refractivity contribution in [2.45, 2.75) is 50.2 Å². The smallest absolute Gasteiger partial charge is 0.380 e. The third-order valence-corrected chi connectivity index (χ3v) is 6.12. The Morgan fingerprint density at radius 1 is 1.30 bits per heavy atom. The summed E-state index contributed by atoms with van der Waals surface area (Å²) in [6.07, 6.45) is 0.226. The van der Waals surface area contributed by atoms with Gasteiger partial charge in [-0.3, -0.25) is 4.57 Å². The van der Waals surface area contributed by atoms with Crippen molar-refractivity contribution in [1.82, 2.24) is 19.5 Å². The molecule has 164 valence electrons. The summed E-state index contributed by atoms with van der Waals surface area (Å²) >= 11 is 0. The van der Waals surface area contributed by atoms with Crippen molar-refractivity contribution >= 4 is 33.2 Å². The molecule has 13 nitrogen and oxygen atoms in total. The molecule has 0 radical (unpaired) electrons. The summed E-state index contributed by atoms with van der Waals surface area (Å²) < 4.78 is 38.9.